The highest BCUT2D eigenvalue weighted by Crippen LogP contribution is 2.18. The highest BCUT2D eigenvalue weighted by molar-refractivity contribution is 5.79. The highest BCUT2D eigenvalue weighted by Gasteiger charge is 2.26. The molecule has 1 heterocycles. The number of carbonyl (C=O) groups is 1. The topological polar surface area (TPSA) is 56.7 Å². The molecule has 1 aliphatic rings. The van der Waals surface area contributed by atoms with Gasteiger partial charge in [0.1, 0.15) is 0 Å². The van der Waals surface area contributed by atoms with Crippen molar-refractivity contribution >= 4 is 11.9 Å². The van der Waals surface area contributed by atoms with Crippen LogP contribution in [-0.4, -0.2) is 55.7 Å². The molecule has 0 bridgehead atoms. The molecule has 1 aliphatic heterocycles. The van der Waals surface area contributed by atoms with Crippen molar-refractivity contribution in [3.8, 4) is 0 Å². The maximum Gasteiger partial charge on any atom is 0.390 e. The van der Waals surface area contributed by atoms with Gasteiger partial charge in [-0.15, -0.1) is 0 Å². The lowest BCUT2D eigenvalue weighted by molar-refractivity contribution is -0.133. The largest absolute Gasteiger partial charge is 0.390 e. The Kier molecular flexibility index (Phi) is 8.79. The van der Waals surface area contributed by atoms with E-state index >= 15 is 0 Å². The first-order valence-electron chi connectivity index (χ1n) is 8.29. The highest BCUT2D eigenvalue weighted by atomic mass is 19.4. The van der Waals surface area contributed by atoms with Gasteiger partial charge in [-0.2, -0.15) is 13.2 Å². The number of amides is 1. The minimum Gasteiger partial charge on any atom is -0.357 e. The van der Waals surface area contributed by atoms with E-state index in [2.05, 4.69) is 15.6 Å². The summed E-state index contributed by atoms with van der Waals surface area (Å²) in [6.07, 6.45) is -0.643. The van der Waals surface area contributed by atoms with E-state index in [1.54, 1.807) is 0 Å². The molecule has 1 rings (SSSR count). The zero-order chi connectivity index (χ0) is 17.1. The van der Waals surface area contributed by atoms with Crippen molar-refractivity contribution in [3.05, 3.63) is 0 Å². The Morgan fingerprint density at radius 2 is 2.04 bits per heavy atom. The lowest BCUT2D eigenvalue weighted by Crippen LogP contribution is -2.39. The molecule has 23 heavy (non-hydrogen) atoms. The van der Waals surface area contributed by atoms with Gasteiger partial charge in [-0.1, -0.05) is 6.42 Å². The van der Waals surface area contributed by atoms with Gasteiger partial charge in [-0.25, -0.2) is 0 Å². The smallest absolute Gasteiger partial charge is 0.357 e. The Morgan fingerprint density at radius 1 is 1.26 bits per heavy atom. The number of carbonyl (C=O) groups excluding carboxylic acids is 1. The molecular weight excluding hydrogens is 309 g/mol. The monoisotopic (exact) mass is 336 g/mol. The molecule has 1 saturated heterocycles. The summed E-state index contributed by atoms with van der Waals surface area (Å²) in [6.45, 7) is 4.18. The molecule has 0 spiro atoms. The molecule has 2 N–H and O–H groups in total. The van der Waals surface area contributed by atoms with Gasteiger partial charge in [0, 0.05) is 39.1 Å². The molecular formula is C15H27F3N4O. The fourth-order valence-corrected chi connectivity index (χ4v) is 2.39. The lowest BCUT2D eigenvalue weighted by atomic mass is 10.2. The van der Waals surface area contributed by atoms with E-state index in [1.165, 1.54) is 0 Å². The number of halogens is 3. The molecule has 0 unspecified atom stereocenters. The van der Waals surface area contributed by atoms with Crippen LogP contribution in [0.5, 0.6) is 0 Å². The van der Waals surface area contributed by atoms with E-state index in [9.17, 15) is 18.0 Å². The van der Waals surface area contributed by atoms with Gasteiger partial charge < -0.3 is 15.5 Å². The van der Waals surface area contributed by atoms with Crippen LogP contribution >= 0.6 is 0 Å². The Morgan fingerprint density at radius 3 is 2.74 bits per heavy atom. The van der Waals surface area contributed by atoms with E-state index < -0.39 is 12.6 Å². The van der Waals surface area contributed by atoms with Crippen molar-refractivity contribution in [2.24, 2.45) is 4.99 Å². The molecule has 1 amide bonds. The first-order chi connectivity index (χ1) is 10.9. The van der Waals surface area contributed by atoms with Crippen molar-refractivity contribution in [1.82, 2.24) is 15.5 Å². The summed E-state index contributed by atoms with van der Waals surface area (Å²) >= 11 is 0. The Balaban J connectivity index is 2.31. The molecule has 134 valence electrons. The second-order valence-corrected chi connectivity index (χ2v) is 5.60. The summed E-state index contributed by atoms with van der Waals surface area (Å²) in [7, 11) is 0. The first-order valence-corrected chi connectivity index (χ1v) is 8.29. The van der Waals surface area contributed by atoms with Gasteiger partial charge >= 0.3 is 6.18 Å². The number of aliphatic imine (C=N–C) groups is 1. The van der Waals surface area contributed by atoms with Crippen LogP contribution in [-0.2, 0) is 4.79 Å². The molecule has 0 aromatic carbocycles. The number of likely N-dealkylation sites (tertiary alicyclic amines) is 1. The minimum atomic E-state index is -4.17. The number of nitrogens with zero attached hydrogens (tertiary/aromatic N) is 2. The van der Waals surface area contributed by atoms with E-state index in [1.807, 2.05) is 11.8 Å². The number of hydrogen-bond acceptors (Lipinski definition) is 2. The summed E-state index contributed by atoms with van der Waals surface area (Å²) in [4.78, 5) is 18.0. The van der Waals surface area contributed by atoms with Gasteiger partial charge in [0.05, 0.1) is 6.42 Å². The SMILES string of the molecule is CCNC(=NCCCN1CCCCCC1=O)NCCC(F)(F)F. The van der Waals surface area contributed by atoms with E-state index in [-0.39, 0.29) is 12.5 Å². The van der Waals surface area contributed by atoms with Crippen LogP contribution < -0.4 is 10.6 Å². The zero-order valence-electron chi connectivity index (χ0n) is 13.7. The third kappa shape index (κ3) is 9.30. The molecule has 0 aromatic heterocycles. The lowest BCUT2D eigenvalue weighted by Gasteiger charge is -2.20. The number of guanidine groups is 1. The summed E-state index contributed by atoms with van der Waals surface area (Å²) in [5, 5.41) is 5.59. The van der Waals surface area contributed by atoms with Gasteiger partial charge in [0.2, 0.25) is 5.91 Å². The number of hydrogen-bond donors (Lipinski definition) is 2. The second-order valence-electron chi connectivity index (χ2n) is 5.60. The van der Waals surface area contributed by atoms with Gasteiger partial charge in [0.15, 0.2) is 5.96 Å². The van der Waals surface area contributed by atoms with Crippen molar-refractivity contribution in [1.29, 1.82) is 0 Å². The number of nitrogens with one attached hydrogen (secondary N) is 2. The standard InChI is InChI=1S/C15H27F3N4O/c1-2-19-14(21-10-8-15(16,17)18)20-9-6-12-22-11-5-3-4-7-13(22)23/h2-12H2,1H3,(H2,19,20,21). The number of alkyl halides is 3. The van der Waals surface area contributed by atoms with Gasteiger partial charge in [-0.3, -0.25) is 9.79 Å². The van der Waals surface area contributed by atoms with Gasteiger partial charge in [0.25, 0.3) is 0 Å². The fraction of sp³-hybridized carbons (Fsp3) is 0.867. The predicted molar refractivity (Wildman–Crippen MR) is 84.3 cm³/mol. The summed E-state index contributed by atoms with van der Waals surface area (Å²) < 4.78 is 36.4. The van der Waals surface area contributed by atoms with Crippen LogP contribution in [0.2, 0.25) is 0 Å². The molecule has 8 heteroatoms. The predicted octanol–water partition coefficient (Wildman–Crippen LogP) is 2.29. The maximum atomic E-state index is 12.1. The average molecular weight is 336 g/mol. The maximum absolute atomic E-state index is 12.1. The Bertz CT molecular complexity index is 385. The molecule has 0 saturated carbocycles. The first kappa shape index (κ1) is 19.6. The average Bonchev–Trinajstić information content (AvgIpc) is 2.67. The second kappa shape index (κ2) is 10.3. The molecule has 0 aliphatic carbocycles. The minimum absolute atomic E-state index is 0.194. The Labute approximate surface area is 135 Å². The molecule has 1 fully saturated rings. The van der Waals surface area contributed by atoms with Crippen LogP contribution in [0, 0.1) is 0 Å². The van der Waals surface area contributed by atoms with Crippen molar-refractivity contribution < 1.29 is 18.0 Å². The fourth-order valence-electron chi connectivity index (χ4n) is 2.39. The summed E-state index contributed by atoms with van der Waals surface area (Å²) in [5.41, 5.74) is 0. The van der Waals surface area contributed by atoms with Crippen molar-refractivity contribution in [3.63, 3.8) is 0 Å². The quantitative estimate of drug-likeness (QED) is 0.426. The normalized spacial score (nSPS) is 17.1. The van der Waals surface area contributed by atoms with Crippen LogP contribution in [0.3, 0.4) is 0 Å². The van der Waals surface area contributed by atoms with Gasteiger partial charge in [-0.05, 0) is 26.2 Å². The third-order valence-electron chi connectivity index (χ3n) is 3.57. The third-order valence-corrected chi connectivity index (χ3v) is 3.57. The summed E-state index contributed by atoms with van der Waals surface area (Å²) in [5.74, 6) is 0.584. The zero-order valence-corrected chi connectivity index (χ0v) is 13.7. The molecule has 5 nitrogen and oxygen atoms in total. The molecule has 0 aromatic rings. The van der Waals surface area contributed by atoms with E-state index in [4.69, 9.17) is 0 Å². The van der Waals surface area contributed by atoms with Crippen LogP contribution in [0.4, 0.5) is 13.2 Å². The van der Waals surface area contributed by atoms with Crippen LogP contribution in [0.1, 0.15) is 45.4 Å². The number of rotatable bonds is 7. The Hall–Kier alpha value is -1.47. The molecule has 0 atom stereocenters. The molecule has 0 radical (unpaired) electrons. The van der Waals surface area contributed by atoms with Crippen molar-refractivity contribution in [2.75, 3.05) is 32.7 Å². The van der Waals surface area contributed by atoms with Crippen LogP contribution in [0.25, 0.3) is 0 Å². The van der Waals surface area contributed by atoms with E-state index in [0.29, 0.717) is 38.4 Å². The van der Waals surface area contributed by atoms with E-state index in [0.717, 1.165) is 25.8 Å². The van der Waals surface area contributed by atoms with Crippen LogP contribution in [0.15, 0.2) is 4.99 Å². The van der Waals surface area contributed by atoms with Crippen molar-refractivity contribution in [2.45, 2.75) is 51.6 Å². The summed E-state index contributed by atoms with van der Waals surface area (Å²) in [6, 6.07) is 0.